The number of hydrogen-bond acceptors (Lipinski definition) is 3. The van der Waals surface area contributed by atoms with Crippen molar-refractivity contribution < 1.29 is 14.4 Å². The SMILES string of the molecule is C=CC[C@]1(C)CCON(C(=O)c2ccccc2)C1=O. The zero-order valence-corrected chi connectivity index (χ0v) is 11.0. The average Bonchev–Trinajstić information content (AvgIpc) is 2.43. The molecule has 1 aliphatic heterocycles. The molecule has 1 aromatic carbocycles. The van der Waals surface area contributed by atoms with E-state index in [1.54, 1.807) is 30.3 Å². The molecule has 2 amide bonds. The maximum Gasteiger partial charge on any atom is 0.284 e. The maximum absolute atomic E-state index is 12.4. The molecule has 1 fully saturated rings. The summed E-state index contributed by atoms with van der Waals surface area (Å²) >= 11 is 0. The van der Waals surface area contributed by atoms with Crippen LogP contribution in [0.4, 0.5) is 0 Å². The number of carbonyl (C=O) groups is 2. The molecule has 1 aliphatic rings. The van der Waals surface area contributed by atoms with Gasteiger partial charge in [-0.15, -0.1) is 11.6 Å². The molecule has 0 saturated carbocycles. The van der Waals surface area contributed by atoms with E-state index >= 15 is 0 Å². The summed E-state index contributed by atoms with van der Waals surface area (Å²) in [4.78, 5) is 29.9. The fourth-order valence-corrected chi connectivity index (χ4v) is 2.13. The Bertz CT molecular complexity index is 497. The van der Waals surface area contributed by atoms with Gasteiger partial charge in [-0.2, -0.15) is 0 Å². The number of nitrogens with zero attached hydrogens (tertiary/aromatic N) is 1. The standard InChI is InChI=1S/C15H17NO3/c1-3-9-15(2)10-11-19-16(14(15)18)13(17)12-7-5-4-6-8-12/h3-8H,1,9-11H2,2H3/t15-/m1/s1. The first-order valence-corrected chi connectivity index (χ1v) is 6.26. The highest BCUT2D eigenvalue weighted by Crippen LogP contribution is 2.33. The Balaban J connectivity index is 2.23. The van der Waals surface area contributed by atoms with Crippen molar-refractivity contribution in [2.45, 2.75) is 19.8 Å². The fraction of sp³-hybridized carbons (Fsp3) is 0.333. The van der Waals surface area contributed by atoms with Gasteiger partial charge in [-0.05, 0) is 25.0 Å². The number of amides is 2. The van der Waals surface area contributed by atoms with Crippen LogP contribution < -0.4 is 0 Å². The van der Waals surface area contributed by atoms with Crippen LogP contribution in [0.15, 0.2) is 43.0 Å². The van der Waals surface area contributed by atoms with Gasteiger partial charge in [-0.25, -0.2) is 0 Å². The Morgan fingerprint density at radius 1 is 1.47 bits per heavy atom. The molecule has 0 radical (unpaired) electrons. The molecule has 4 heteroatoms. The molecule has 0 N–H and O–H groups in total. The van der Waals surface area contributed by atoms with Gasteiger partial charge in [0.1, 0.15) is 0 Å². The summed E-state index contributed by atoms with van der Waals surface area (Å²) in [6, 6.07) is 8.66. The highest BCUT2D eigenvalue weighted by molar-refractivity contribution is 6.05. The van der Waals surface area contributed by atoms with E-state index in [0.29, 0.717) is 25.0 Å². The van der Waals surface area contributed by atoms with Crippen LogP contribution in [-0.4, -0.2) is 23.5 Å². The van der Waals surface area contributed by atoms with Crippen molar-refractivity contribution in [3.8, 4) is 0 Å². The lowest BCUT2D eigenvalue weighted by molar-refractivity contribution is -0.197. The van der Waals surface area contributed by atoms with Gasteiger partial charge in [0.25, 0.3) is 11.8 Å². The van der Waals surface area contributed by atoms with Crippen LogP contribution in [0, 0.1) is 5.41 Å². The quantitative estimate of drug-likeness (QED) is 0.619. The van der Waals surface area contributed by atoms with Crippen LogP contribution in [-0.2, 0) is 9.63 Å². The lowest BCUT2D eigenvalue weighted by Gasteiger charge is -2.36. The minimum absolute atomic E-state index is 0.299. The number of hydrogen-bond donors (Lipinski definition) is 0. The topological polar surface area (TPSA) is 46.6 Å². The van der Waals surface area contributed by atoms with Gasteiger partial charge < -0.3 is 0 Å². The van der Waals surface area contributed by atoms with Gasteiger partial charge in [0, 0.05) is 5.56 Å². The van der Waals surface area contributed by atoms with Crippen molar-refractivity contribution in [1.29, 1.82) is 0 Å². The molecule has 1 heterocycles. The van der Waals surface area contributed by atoms with E-state index in [0.717, 1.165) is 5.06 Å². The summed E-state index contributed by atoms with van der Waals surface area (Å²) in [5.74, 6) is -0.715. The second kappa shape index (κ2) is 5.36. The number of rotatable bonds is 3. The summed E-state index contributed by atoms with van der Waals surface area (Å²) in [5.41, 5.74) is -0.163. The molecule has 0 bridgehead atoms. The molecule has 0 unspecified atom stereocenters. The van der Waals surface area contributed by atoms with Crippen molar-refractivity contribution in [3.05, 3.63) is 48.6 Å². The Morgan fingerprint density at radius 3 is 2.79 bits per heavy atom. The van der Waals surface area contributed by atoms with Crippen LogP contribution in [0.25, 0.3) is 0 Å². The van der Waals surface area contributed by atoms with E-state index in [-0.39, 0.29) is 5.91 Å². The highest BCUT2D eigenvalue weighted by Gasteiger charge is 2.42. The molecule has 4 nitrogen and oxygen atoms in total. The Morgan fingerprint density at radius 2 is 2.16 bits per heavy atom. The van der Waals surface area contributed by atoms with E-state index in [2.05, 4.69) is 6.58 Å². The van der Waals surface area contributed by atoms with E-state index in [4.69, 9.17) is 4.84 Å². The number of carbonyl (C=O) groups excluding carboxylic acids is 2. The van der Waals surface area contributed by atoms with E-state index < -0.39 is 11.3 Å². The summed E-state index contributed by atoms with van der Waals surface area (Å²) in [6.45, 7) is 5.86. The fourth-order valence-electron chi connectivity index (χ4n) is 2.13. The molecule has 0 aliphatic carbocycles. The summed E-state index contributed by atoms with van der Waals surface area (Å²) in [7, 11) is 0. The van der Waals surface area contributed by atoms with Crippen LogP contribution in [0.1, 0.15) is 30.1 Å². The monoisotopic (exact) mass is 259 g/mol. The van der Waals surface area contributed by atoms with Crippen molar-refractivity contribution >= 4 is 11.8 Å². The second-order valence-electron chi connectivity index (χ2n) is 4.91. The molecular weight excluding hydrogens is 242 g/mol. The number of allylic oxidation sites excluding steroid dienone is 1. The molecule has 100 valence electrons. The molecule has 2 rings (SSSR count). The van der Waals surface area contributed by atoms with Crippen LogP contribution in [0.5, 0.6) is 0 Å². The van der Waals surface area contributed by atoms with Gasteiger partial charge in [0.05, 0.1) is 12.0 Å². The minimum atomic E-state index is -0.607. The Kier molecular flexibility index (Phi) is 3.81. The first-order chi connectivity index (χ1) is 9.08. The number of hydroxylamine groups is 2. The van der Waals surface area contributed by atoms with Gasteiger partial charge >= 0.3 is 0 Å². The molecule has 19 heavy (non-hydrogen) atoms. The summed E-state index contributed by atoms with van der Waals surface area (Å²) in [5, 5.41) is 0.891. The molecule has 0 spiro atoms. The molecule has 1 aromatic rings. The minimum Gasteiger partial charge on any atom is -0.271 e. The zero-order valence-electron chi connectivity index (χ0n) is 11.0. The smallest absolute Gasteiger partial charge is 0.271 e. The maximum atomic E-state index is 12.4. The van der Waals surface area contributed by atoms with Crippen LogP contribution >= 0.6 is 0 Å². The third-order valence-corrected chi connectivity index (χ3v) is 3.38. The second-order valence-corrected chi connectivity index (χ2v) is 4.91. The van der Waals surface area contributed by atoms with Crippen molar-refractivity contribution in [3.63, 3.8) is 0 Å². The molecule has 0 aromatic heterocycles. The number of imide groups is 1. The van der Waals surface area contributed by atoms with Crippen molar-refractivity contribution in [2.75, 3.05) is 6.61 Å². The molecular formula is C15H17NO3. The highest BCUT2D eigenvalue weighted by atomic mass is 16.7. The van der Waals surface area contributed by atoms with E-state index in [9.17, 15) is 9.59 Å². The normalized spacial score (nSPS) is 23.2. The largest absolute Gasteiger partial charge is 0.284 e. The van der Waals surface area contributed by atoms with Crippen molar-refractivity contribution in [1.82, 2.24) is 5.06 Å². The predicted molar refractivity (Wildman–Crippen MR) is 71.1 cm³/mol. The number of benzene rings is 1. The lowest BCUT2D eigenvalue weighted by atomic mass is 9.81. The third-order valence-electron chi connectivity index (χ3n) is 3.38. The van der Waals surface area contributed by atoms with Gasteiger partial charge in [0.2, 0.25) is 0 Å². The summed E-state index contributed by atoms with van der Waals surface area (Å²) < 4.78 is 0. The Labute approximate surface area is 112 Å². The van der Waals surface area contributed by atoms with Gasteiger partial charge in [0.15, 0.2) is 0 Å². The molecule has 1 saturated heterocycles. The van der Waals surface area contributed by atoms with Crippen molar-refractivity contribution in [2.24, 2.45) is 5.41 Å². The predicted octanol–water partition coefficient (Wildman–Crippen LogP) is 2.57. The zero-order chi connectivity index (χ0) is 13.9. The first-order valence-electron chi connectivity index (χ1n) is 6.26. The average molecular weight is 259 g/mol. The van der Waals surface area contributed by atoms with Crippen LogP contribution in [0.3, 0.4) is 0 Å². The van der Waals surface area contributed by atoms with Gasteiger partial charge in [-0.1, -0.05) is 31.2 Å². The van der Waals surface area contributed by atoms with Crippen LogP contribution in [0.2, 0.25) is 0 Å². The van der Waals surface area contributed by atoms with E-state index in [1.807, 2.05) is 13.0 Å². The Hall–Kier alpha value is -1.94. The first kappa shape index (κ1) is 13.5. The molecule has 1 atom stereocenters. The third kappa shape index (κ3) is 2.58. The van der Waals surface area contributed by atoms with E-state index in [1.165, 1.54) is 0 Å². The lowest BCUT2D eigenvalue weighted by Crippen LogP contribution is -2.50. The summed E-state index contributed by atoms with van der Waals surface area (Å²) in [6.07, 6.45) is 2.83. The van der Waals surface area contributed by atoms with Gasteiger partial charge in [-0.3, -0.25) is 14.4 Å².